The number of halogens is 1. The number of aryl methyl sites for hydroxylation is 1. The largest absolute Gasteiger partial charge is 0.495 e. The summed E-state index contributed by atoms with van der Waals surface area (Å²) in [6, 6.07) is 4.07. The summed E-state index contributed by atoms with van der Waals surface area (Å²) in [7, 11) is 1.71. The smallest absolute Gasteiger partial charge is 0.143 e. The average Bonchev–Trinajstić information content (AvgIpc) is 2.77. The van der Waals surface area contributed by atoms with Crippen molar-refractivity contribution < 1.29 is 4.74 Å². The van der Waals surface area contributed by atoms with Crippen LogP contribution in [-0.4, -0.2) is 33.3 Å². The minimum atomic E-state index is 0.499. The van der Waals surface area contributed by atoms with Gasteiger partial charge in [0.1, 0.15) is 5.75 Å². The Morgan fingerprint density at radius 3 is 2.72 bits per heavy atom. The lowest BCUT2D eigenvalue weighted by Gasteiger charge is -2.39. The maximum Gasteiger partial charge on any atom is 0.143 e. The molecule has 2 heterocycles. The molecule has 0 aliphatic carbocycles. The van der Waals surface area contributed by atoms with E-state index in [1.807, 2.05) is 13.0 Å². The van der Waals surface area contributed by atoms with Crippen molar-refractivity contribution in [3.05, 3.63) is 22.7 Å². The average molecular weight is 267 g/mol. The Kier molecular flexibility index (Phi) is 2.91. The van der Waals surface area contributed by atoms with Gasteiger partial charge >= 0.3 is 0 Å². The van der Waals surface area contributed by atoms with Crippen molar-refractivity contribution in [1.82, 2.24) is 5.32 Å². The molecule has 2 saturated heterocycles. The highest BCUT2D eigenvalue weighted by Crippen LogP contribution is 2.41. The van der Waals surface area contributed by atoms with Crippen LogP contribution in [0.3, 0.4) is 0 Å². The Bertz CT molecular complexity index is 471. The molecule has 3 rings (SSSR count). The van der Waals surface area contributed by atoms with Crippen LogP contribution in [0.2, 0.25) is 5.02 Å². The first-order chi connectivity index (χ1) is 8.63. The topological polar surface area (TPSA) is 24.5 Å². The molecule has 0 bridgehead atoms. The van der Waals surface area contributed by atoms with Gasteiger partial charge in [-0.15, -0.1) is 0 Å². The third-order valence-corrected chi connectivity index (χ3v) is 4.65. The zero-order chi connectivity index (χ0) is 12.8. The molecule has 98 valence electrons. The van der Waals surface area contributed by atoms with Gasteiger partial charge in [-0.25, -0.2) is 0 Å². The van der Waals surface area contributed by atoms with Gasteiger partial charge in [0, 0.05) is 42.7 Å². The first-order valence-electron chi connectivity index (χ1n) is 6.43. The lowest BCUT2D eigenvalue weighted by atomic mass is 9.81. The predicted octanol–water partition coefficient (Wildman–Crippen LogP) is 2.46. The zero-order valence-electron chi connectivity index (χ0n) is 10.9. The molecular weight excluding hydrogens is 248 g/mol. The third kappa shape index (κ3) is 1.86. The maximum atomic E-state index is 6.16. The molecular formula is C14H19ClN2O. The Morgan fingerprint density at radius 1 is 1.39 bits per heavy atom. The van der Waals surface area contributed by atoms with Gasteiger partial charge in [0.2, 0.25) is 0 Å². The molecule has 18 heavy (non-hydrogen) atoms. The van der Waals surface area contributed by atoms with Crippen LogP contribution in [0.15, 0.2) is 12.1 Å². The van der Waals surface area contributed by atoms with E-state index in [1.54, 1.807) is 7.11 Å². The highest BCUT2D eigenvalue weighted by Gasteiger charge is 2.43. The Hall–Kier alpha value is -0.930. The fraction of sp³-hybridized carbons (Fsp3) is 0.571. The van der Waals surface area contributed by atoms with Crippen LogP contribution in [0.25, 0.3) is 0 Å². The van der Waals surface area contributed by atoms with Crippen molar-refractivity contribution in [2.24, 2.45) is 5.41 Å². The number of nitrogens with zero attached hydrogens (tertiary/aromatic N) is 1. The molecule has 2 aliphatic rings. The monoisotopic (exact) mass is 266 g/mol. The summed E-state index contributed by atoms with van der Waals surface area (Å²) in [5.74, 6) is 0.884. The number of methoxy groups -OCH3 is 1. The quantitative estimate of drug-likeness (QED) is 0.890. The van der Waals surface area contributed by atoms with Crippen LogP contribution in [0.1, 0.15) is 12.0 Å². The summed E-state index contributed by atoms with van der Waals surface area (Å²) < 4.78 is 5.47. The summed E-state index contributed by atoms with van der Waals surface area (Å²) in [6.45, 7) is 6.58. The van der Waals surface area contributed by atoms with E-state index in [9.17, 15) is 0 Å². The number of nitrogens with one attached hydrogen (secondary N) is 1. The highest BCUT2D eigenvalue weighted by atomic mass is 35.5. The second-order valence-electron chi connectivity index (χ2n) is 5.55. The Morgan fingerprint density at radius 2 is 2.17 bits per heavy atom. The molecule has 1 N–H and O–H groups in total. The molecule has 1 spiro atoms. The van der Waals surface area contributed by atoms with Crippen LogP contribution in [0.5, 0.6) is 5.75 Å². The molecule has 4 heteroatoms. The van der Waals surface area contributed by atoms with Gasteiger partial charge in [-0.1, -0.05) is 11.6 Å². The standard InChI is InChI=1S/C14H19ClN2O/c1-10-5-12(13(18-2)6-11(10)15)17-4-3-14(9-17)7-16-8-14/h5-6,16H,3-4,7-9H2,1-2H3. The molecule has 0 unspecified atom stereocenters. The molecule has 1 aromatic carbocycles. The van der Waals surface area contributed by atoms with Crippen molar-refractivity contribution in [3.8, 4) is 5.75 Å². The summed E-state index contributed by atoms with van der Waals surface area (Å²) in [5.41, 5.74) is 2.79. The number of hydrogen-bond donors (Lipinski definition) is 1. The molecule has 2 aliphatic heterocycles. The van der Waals surface area contributed by atoms with Crippen LogP contribution >= 0.6 is 11.6 Å². The van der Waals surface area contributed by atoms with Gasteiger partial charge in [-0.2, -0.15) is 0 Å². The van der Waals surface area contributed by atoms with Gasteiger partial charge in [-0.3, -0.25) is 0 Å². The minimum Gasteiger partial charge on any atom is -0.495 e. The number of ether oxygens (including phenoxy) is 1. The zero-order valence-corrected chi connectivity index (χ0v) is 11.7. The number of anilines is 1. The summed E-state index contributed by atoms with van der Waals surface area (Å²) in [5, 5.41) is 4.16. The van der Waals surface area contributed by atoms with Gasteiger partial charge in [-0.05, 0) is 25.0 Å². The Balaban J connectivity index is 1.90. The lowest BCUT2D eigenvalue weighted by molar-refractivity contribution is 0.199. The van der Waals surface area contributed by atoms with Crippen molar-refractivity contribution >= 4 is 17.3 Å². The molecule has 0 aromatic heterocycles. The van der Waals surface area contributed by atoms with E-state index in [1.165, 1.54) is 12.1 Å². The fourth-order valence-electron chi connectivity index (χ4n) is 2.97. The van der Waals surface area contributed by atoms with Crippen molar-refractivity contribution in [3.63, 3.8) is 0 Å². The fourth-order valence-corrected chi connectivity index (χ4v) is 3.12. The minimum absolute atomic E-state index is 0.499. The second-order valence-corrected chi connectivity index (χ2v) is 5.96. The molecule has 0 saturated carbocycles. The van der Waals surface area contributed by atoms with Crippen LogP contribution in [-0.2, 0) is 0 Å². The SMILES string of the molecule is COc1cc(Cl)c(C)cc1N1CCC2(CNC2)C1. The van der Waals surface area contributed by atoms with Crippen molar-refractivity contribution in [2.45, 2.75) is 13.3 Å². The summed E-state index contributed by atoms with van der Waals surface area (Å²) in [4.78, 5) is 2.43. The lowest BCUT2D eigenvalue weighted by Crippen LogP contribution is -2.54. The molecule has 0 amide bonds. The first-order valence-corrected chi connectivity index (χ1v) is 6.81. The number of benzene rings is 1. The van der Waals surface area contributed by atoms with Crippen LogP contribution < -0.4 is 15.0 Å². The van der Waals surface area contributed by atoms with E-state index in [4.69, 9.17) is 16.3 Å². The molecule has 3 nitrogen and oxygen atoms in total. The maximum absolute atomic E-state index is 6.16. The normalized spacial score (nSPS) is 21.2. The molecule has 1 aromatic rings. The molecule has 0 atom stereocenters. The van der Waals surface area contributed by atoms with Gasteiger partial charge < -0.3 is 15.0 Å². The van der Waals surface area contributed by atoms with Crippen LogP contribution in [0.4, 0.5) is 5.69 Å². The summed E-state index contributed by atoms with van der Waals surface area (Å²) >= 11 is 6.16. The van der Waals surface area contributed by atoms with E-state index in [0.717, 1.165) is 42.5 Å². The Labute approximate surface area is 113 Å². The van der Waals surface area contributed by atoms with Gasteiger partial charge in [0.25, 0.3) is 0 Å². The van der Waals surface area contributed by atoms with Crippen LogP contribution in [0, 0.1) is 12.3 Å². The first kappa shape index (κ1) is 12.1. The van der Waals surface area contributed by atoms with E-state index in [0.29, 0.717) is 5.41 Å². The summed E-state index contributed by atoms with van der Waals surface area (Å²) in [6.07, 6.45) is 1.27. The molecule has 0 radical (unpaired) electrons. The third-order valence-electron chi connectivity index (χ3n) is 4.24. The van der Waals surface area contributed by atoms with E-state index in [-0.39, 0.29) is 0 Å². The van der Waals surface area contributed by atoms with Gasteiger partial charge in [0.15, 0.2) is 0 Å². The molecule has 2 fully saturated rings. The predicted molar refractivity (Wildman–Crippen MR) is 74.9 cm³/mol. The number of hydrogen-bond acceptors (Lipinski definition) is 3. The van der Waals surface area contributed by atoms with E-state index < -0.39 is 0 Å². The van der Waals surface area contributed by atoms with E-state index >= 15 is 0 Å². The van der Waals surface area contributed by atoms with E-state index in [2.05, 4.69) is 16.3 Å². The van der Waals surface area contributed by atoms with Crippen molar-refractivity contribution in [1.29, 1.82) is 0 Å². The van der Waals surface area contributed by atoms with Gasteiger partial charge in [0.05, 0.1) is 12.8 Å². The highest BCUT2D eigenvalue weighted by molar-refractivity contribution is 6.31. The number of rotatable bonds is 2. The second kappa shape index (κ2) is 4.32. The van der Waals surface area contributed by atoms with Crippen molar-refractivity contribution in [2.75, 3.05) is 38.2 Å².